The van der Waals surface area contributed by atoms with Gasteiger partial charge >= 0.3 is 12.0 Å². The molecule has 0 heterocycles. The lowest BCUT2D eigenvalue weighted by molar-refractivity contribution is -0.123. The van der Waals surface area contributed by atoms with E-state index in [-0.39, 0.29) is 11.1 Å². The van der Waals surface area contributed by atoms with Gasteiger partial charge in [0.1, 0.15) is 11.4 Å². The number of hydrogen-bond acceptors (Lipinski definition) is 4. The molecule has 6 nitrogen and oxygen atoms in total. The highest BCUT2D eigenvalue weighted by Crippen LogP contribution is 2.19. The number of benzene rings is 1. The summed E-state index contributed by atoms with van der Waals surface area (Å²) in [5, 5.41) is 4.37. The van der Waals surface area contributed by atoms with Crippen LogP contribution < -0.4 is 10.6 Å². The van der Waals surface area contributed by atoms with Crippen LogP contribution in [0.25, 0.3) is 0 Å². The first-order valence-electron chi connectivity index (χ1n) is 6.56. The monoisotopic (exact) mass is 330 g/mol. The molecule has 1 aromatic carbocycles. The third-order valence-electron chi connectivity index (χ3n) is 2.74. The number of nitrogens with one attached hydrogen (secondary N) is 2. The second-order valence-electron chi connectivity index (χ2n) is 4.50. The van der Waals surface area contributed by atoms with E-state index in [2.05, 4.69) is 10.1 Å². The van der Waals surface area contributed by atoms with Crippen LogP contribution in [-0.4, -0.2) is 30.6 Å². The standard InChI is InChI=1S/C14H16ClFN2O4/c1-3-8(2)17-14(21)18-11(19)7-22-13(20)12-9(15)5-4-6-10(12)16/h4-6,8H,3,7H2,1-2H3,(H2,17,18,19,21)/t8-/m1/s1. The Morgan fingerprint density at radius 3 is 2.64 bits per heavy atom. The lowest BCUT2D eigenvalue weighted by atomic mass is 10.2. The summed E-state index contributed by atoms with van der Waals surface area (Å²) in [6, 6.07) is 2.90. The molecule has 0 fully saturated rings. The molecule has 1 rings (SSSR count). The highest BCUT2D eigenvalue weighted by atomic mass is 35.5. The maximum atomic E-state index is 13.5. The predicted molar refractivity (Wildman–Crippen MR) is 78.1 cm³/mol. The van der Waals surface area contributed by atoms with E-state index in [1.807, 2.05) is 12.2 Å². The number of rotatable bonds is 5. The Morgan fingerprint density at radius 2 is 2.05 bits per heavy atom. The van der Waals surface area contributed by atoms with Crippen molar-refractivity contribution in [2.24, 2.45) is 0 Å². The van der Waals surface area contributed by atoms with Crippen molar-refractivity contribution in [3.05, 3.63) is 34.6 Å². The molecule has 0 aliphatic rings. The van der Waals surface area contributed by atoms with Crippen molar-refractivity contribution in [2.75, 3.05) is 6.61 Å². The molecule has 0 aromatic heterocycles. The van der Waals surface area contributed by atoms with Gasteiger partial charge in [-0.3, -0.25) is 10.1 Å². The number of halogens is 2. The van der Waals surface area contributed by atoms with Crippen molar-refractivity contribution in [1.82, 2.24) is 10.6 Å². The summed E-state index contributed by atoms with van der Waals surface area (Å²) in [6.45, 7) is 2.91. The molecule has 0 unspecified atom stereocenters. The maximum Gasteiger partial charge on any atom is 0.343 e. The molecule has 22 heavy (non-hydrogen) atoms. The van der Waals surface area contributed by atoms with Crippen molar-refractivity contribution in [2.45, 2.75) is 26.3 Å². The number of urea groups is 1. The maximum absolute atomic E-state index is 13.5. The Bertz CT molecular complexity index is 560. The van der Waals surface area contributed by atoms with Crippen molar-refractivity contribution in [1.29, 1.82) is 0 Å². The summed E-state index contributed by atoms with van der Waals surface area (Å²) in [5.74, 6) is -2.77. The van der Waals surface area contributed by atoms with Gasteiger partial charge in [0.2, 0.25) is 0 Å². The summed E-state index contributed by atoms with van der Waals surface area (Å²) in [6.07, 6.45) is 0.697. The number of ether oxygens (including phenoxy) is 1. The van der Waals surface area contributed by atoms with Crippen LogP contribution in [0.2, 0.25) is 5.02 Å². The number of carbonyl (C=O) groups is 3. The lowest BCUT2D eigenvalue weighted by Crippen LogP contribution is -2.44. The van der Waals surface area contributed by atoms with E-state index in [0.29, 0.717) is 6.42 Å². The Morgan fingerprint density at radius 1 is 1.36 bits per heavy atom. The van der Waals surface area contributed by atoms with Crippen molar-refractivity contribution in [3.63, 3.8) is 0 Å². The van der Waals surface area contributed by atoms with E-state index in [1.54, 1.807) is 6.92 Å². The fourth-order valence-electron chi connectivity index (χ4n) is 1.42. The van der Waals surface area contributed by atoms with Crippen LogP contribution in [0.1, 0.15) is 30.6 Å². The van der Waals surface area contributed by atoms with Crippen LogP contribution in [0.15, 0.2) is 18.2 Å². The molecule has 120 valence electrons. The first-order valence-corrected chi connectivity index (χ1v) is 6.94. The topological polar surface area (TPSA) is 84.5 Å². The molecule has 1 atom stereocenters. The summed E-state index contributed by atoms with van der Waals surface area (Å²) < 4.78 is 18.1. The molecule has 3 amide bonds. The summed E-state index contributed by atoms with van der Waals surface area (Å²) >= 11 is 5.69. The third kappa shape index (κ3) is 5.33. The molecule has 0 saturated carbocycles. The zero-order chi connectivity index (χ0) is 16.7. The van der Waals surface area contributed by atoms with Gasteiger partial charge in [-0.15, -0.1) is 0 Å². The number of esters is 1. The van der Waals surface area contributed by atoms with Crippen molar-refractivity contribution < 1.29 is 23.5 Å². The van der Waals surface area contributed by atoms with Crippen LogP contribution in [0.5, 0.6) is 0 Å². The van der Waals surface area contributed by atoms with Gasteiger partial charge in [-0.1, -0.05) is 24.6 Å². The van der Waals surface area contributed by atoms with E-state index in [0.717, 1.165) is 6.07 Å². The van der Waals surface area contributed by atoms with Gasteiger partial charge in [0.15, 0.2) is 6.61 Å². The van der Waals surface area contributed by atoms with E-state index in [9.17, 15) is 18.8 Å². The molecule has 0 bridgehead atoms. The van der Waals surface area contributed by atoms with E-state index < -0.39 is 35.9 Å². The minimum Gasteiger partial charge on any atom is -0.452 e. The number of hydrogen-bond donors (Lipinski definition) is 2. The SMILES string of the molecule is CC[C@@H](C)NC(=O)NC(=O)COC(=O)c1c(F)cccc1Cl. The normalized spacial score (nSPS) is 11.5. The molecule has 1 aromatic rings. The molecule has 0 spiro atoms. The summed E-state index contributed by atoms with van der Waals surface area (Å²) in [4.78, 5) is 34.5. The van der Waals surface area contributed by atoms with Crippen LogP contribution >= 0.6 is 11.6 Å². The summed E-state index contributed by atoms with van der Waals surface area (Å²) in [7, 11) is 0. The van der Waals surface area contributed by atoms with Crippen LogP contribution in [0, 0.1) is 5.82 Å². The van der Waals surface area contributed by atoms with Crippen molar-refractivity contribution >= 4 is 29.5 Å². The van der Waals surface area contributed by atoms with Gasteiger partial charge in [0, 0.05) is 6.04 Å². The lowest BCUT2D eigenvalue weighted by Gasteiger charge is -2.12. The smallest absolute Gasteiger partial charge is 0.343 e. The predicted octanol–water partition coefficient (Wildman–Crippen LogP) is 2.26. The molecule has 0 aliphatic carbocycles. The van der Waals surface area contributed by atoms with E-state index in [4.69, 9.17) is 11.6 Å². The Labute approximate surface area is 132 Å². The van der Waals surface area contributed by atoms with Crippen LogP contribution in [0.4, 0.5) is 9.18 Å². The minimum absolute atomic E-state index is 0.104. The van der Waals surface area contributed by atoms with Gasteiger partial charge in [-0.25, -0.2) is 14.0 Å². The average Bonchev–Trinajstić information content (AvgIpc) is 2.44. The zero-order valence-electron chi connectivity index (χ0n) is 12.1. The molecule has 8 heteroatoms. The average molecular weight is 331 g/mol. The number of amides is 3. The fraction of sp³-hybridized carbons (Fsp3) is 0.357. The number of carbonyl (C=O) groups excluding carboxylic acids is 3. The van der Waals surface area contributed by atoms with Crippen molar-refractivity contribution in [3.8, 4) is 0 Å². The highest BCUT2D eigenvalue weighted by molar-refractivity contribution is 6.33. The zero-order valence-corrected chi connectivity index (χ0v) is 12.9. The largest absolute Gasteiger partial charge is 0.452 e. The van der Waals surface area contributed by atoms with Crippen LogP contribution in [-0.2, 0) is 9.53 Å². The quantitative estimate of drug-likeness (QED) is 0.811. The molecule has 2 N–H and O–H groups in total. The van der Waals surface area contributed by atoms with Gasteiger partial charge in [0.05, 0.1) is 5.02 Å². The molecular weight excluding hydrogens is 315 g/mol. The molecule has 0 saturated heterocycles. The minimum atomic E-state index is -1.08. The second kappa shape index (κ2) is 8.33. The first-order chi connectivity index (χ1) is 10.3. The number of imide groups is 1. The summed E-state index contributed by atoms with van der Waals surface area (Å²) in [5.41, 5.74) is -0.457. The van der Waals surface area contributed by atoms with Gasteiger partial charge in [-0.2, -0.15) is 0 Å². The van der Waals surface area contributed by atoms with E-state index in [1.165, 1.54) is 12.1 Å². The first kappa shape index (κ1) is 17.9. The van der Waals surface area contributed by atoms with Crippen LogP contribution in [0.3, 0.4) is 0 Å². The second-order valence-corrected chi connectivity index (χ2v) is 4.91. The molecular formula is C14H16ClFN2O4. The Hall–Kier alpha value is -2.15. The van der Waals surface area contributed by atoms with Gasteiger partial charge < -0.3 is 10.1 Å². The third-order valence-corrected chi connectivity index (χ3v) is 3.06. The molecule has 0 aliphatic heterocycles. The Balaban J connectivity index is 2.51. The Kier molecular flexibility index (Phi) is 6.78. The molecule has 0 radical (unpaired) electrons. The van der Waals surface area contributed by atoms with Gasteiger partial charge in [-0.05, 0) is 25.5 Å². The highest BCUT2D eigenvalue weighted by Gasteiger charge is 2.19. The fourth-order valence-corrected chi connectivity index (χ4v) is 1.66. The van der Waals surface area contributed by atoms with E-state index >= 15 is 0 Å². The van der Waals surface area contributed by atoms with Gasteiger partial charge in [0.25, 0.3) is 5.91 Å².